The number of halogens is 2. The lowest BCUT2D eigenvalue weighted by Crippen LogP contribution is -2.28. The summed E-state index contributed by atoms with van der Waals surface area (Å²) in [6.45, 7) is 3.09. The highest BCUT2D eigenvalue weighted by Crippen LogP contribution is 2.29. The van der Waals surface area contributed by atoms with E-state index in [2.05, 4.69) is 15.5 Å². The maximum Gasteiger partial charge on any atom is 0.230 e. The highest BCUT2D eigenvalue weighted by atomic mass is 35.5. The van der Waals surface area contributed by atoms with Gasteiger partial charge in [0.1, 0.15) is 5.82 Å². The fourth-order valence-electron chi connectivity index (χ4n) is 3.05. The van der Waals surface area contributed by atoms with Crippen LogP contribution in [0.2, 0.25) is 5.02 Å². The van der Waals surface area contributed by atoms with Crippen LogP contribution in [-0.4, -0.2) is 40.1 Å². The summed E-state index contributed by atoms with van der Waals surface area (Å²) in [5, 5.41) is 12.8. The van der Waals surface area contributed by atoms with Gasteiger partial charge in [0.15, 0.2) is 11.0 Å². The van der Waals surface area contributed by atoms with Crippen molar-refractivity contribution >= 4 is 29.3 Å². The highest BCUT2D eigenvalue weighted by Gasteiger charge is 2.18. The molecule has 1 aromatic heterocycles. The molecule has 1 atom stereocenters. The van der Waals surface area contributed by atoms with Crippen LogP contribution in [0.25, 0.3) is 11.4 Å². The van der Waals surface area contributed by atoms with Gasteiger partial charge in [0.05, 0.1) is 16.8 Å². The van der Waals surface area contributed by atoms with Gasteiger partial charge in [-0.2, -0.15) is 0 Å². The Morgan fingerprint density at radius 1 is 1.23 bits per heavy atom. The van der Waals surface area contributed by atoms with Gasteiger partial charge in [-0.05, 0) is 43.2 Å². The van der Waals surface area contributed by atoms with Gasteiger partial charge in [-0.25, -0.2) is 4.39 Å². The van der Waals surface area contributed by atoms with E-state index in [-0.39, 0.29) is 23.5 Å². The lowest BCUT2D eigenvalue weighted by molar-refractivity contribution is -0.119. The van der Waals surface area contributed by atoms with E-state index in [1.54, 1.807) is 19.2 Å². The van der Waals surface area contributed by atoms with Gasteiger partial charge in [-0.1, -0.05) is 47.6 Å². The van der Waals surface area contributed by atoms with Crippen LogP contribution in [0.3, 0.4) is 0 Å². The lowest BCUT2D eigenvalue weighted by Gasteiger charge is -2.14. The molecule has 164 valence electrons. The molecule has 0 spiro atoms. The molecule has 0 aliphatic carbocycles. The first-order valence-electron chi connectivity index (χ1n) is 9.84. The third-order valence-electron chi connectivity index (χ3n) is 4.64. The van der Waals surface area contributed by atoms with Gasteiger partial charge in [0.2, 0.25) is 5.91 Å². The average Bonchev–Trinajstić information content (AvgIpc) is 3.15. The summed E-state index contributed by atoms with van der Waals surface area (Å²) >= 11 is 7.66. The third kappa shape index (κ3) is 6.29. The zero-order valence-corrected chi connectivity index (χ0v) is 18.9. The van der Waals surface area contributed by atoms with Crippen LogP contribution < -0.4 is 5.32 Å². The van der Waals surface area contributed by atoms with E-state index in [1.807, 2.05) is 35.8 Å². The number of thioether (sulfide) groups is 1. The molecule has 3 rings (SSSR count). The summed E-state index contributed by atoms with van der Waals surface area (Å²) in [4.78, 5) is 12.5. The largest absolute Gasteiger partial charge is 0.385 e. The maximum absolute atomic E-state index is 13.1. The minimum atomic E-state index is -0.306. The molecule has 1 unspecified atom stereocenters. The molecule has 1 N–H and O–H groups in total. The Labute approximate surface area is 190 Å². The number of aromatic nitrogens is 3. The van der Waals surface area contributed by atoms with E-state index < -0.39 is 0 Å². The Hall–Kier alpha value is -2.42. The number of hydrogen-bond donors (Lipinski definition) is 1. The first-order chi connectivity index (χ1) is 15.0. The number of carbonyl (C=O) groups excluding carboxylic acids is 1. The van der Waals surface area contributed by atoms with Crippen LogP contribution in [0, 0.1) is 5.82 Å². The van der Waals surface area contributed by atoms with Gasteiger partial charge in [0.25, 0.3) is 0 Å². The Bertz CT molecular complexity index is 1010. The van der Waals surface area contributed by atoms with Crippen molar-refractivity contribution in [1.82, 2.24) is 20.1 Å². The molecule has 0 bridgehead atoms. The number of amides is 1. The smallest absolute Gasteiger partial charge is 0.230 e. The van der Waals surface area contributed by atoms with Crippen LogP contribution in [0.4, 0.5) is 4.39 Å². The van der Waals surface area contributed by atoms with Crippen molar-refractivity contribution in [1.29, 1.82) is 0 Å². The maximum atomic E-state index is 13.1. The zero-order chi connectivity index (χ0) is 22.2. The zero-order valence-electron chi connectivity index (χ0n) is 17.3. The fourth-order valence-corrected chi connectivity index (χ4v) is 4.05. The quantitative estimate of drug-likeness (QED) is 0.348. The summed E-state index contributed by atoms with van der Waals surface area (Å²) in [7, 11) is 1.66. The van der Waals surface area contributed by atoms with E-state index in [0.717, 1.165) is 17.5 Å². The van der Waals surface area contributed by atoms with E-state index in [9.17, 15) is 9.18 Å². The van der Waals surface area contributed by atoms with E-state index in [4.69, 9.17) is 16.3 Å². The Morgan fingerprint density at radius 2 is 1.97 bits per heavy atom. The molecule has 1 heterocycles. The van der Waals surface area contributed by atoms with Crippen LogP contribution in [-0.2, 0) is 16.1 Å². The molecule has 0 radical (unpaired) electrons. The van der Waals surface area contributed by atoms with Crippen molar-refractivity contribution in [3.63, 3.8) is 0 Å². The molecular formula is C22H24ClFN4O2S. The topological polar surface area (TPSA) is 69.0 Å². The second-order valence-corrected chi connectivity index (χ2v) is 8.26. The molecule has 0 aliphatic heterocycles. The van der Waals surface area contributed by atoms with Gasteiger partial charge < -0.3 is 14.6 Å². The molecule has 0 fully saturated rings. The number of methoxy groups -OCH3 is 1. The molecule has 31 heavy (non-hydrogen) atoms. The molecule has 3 aromatic rings. The van der Waals surface area contributed by atoms with Gasteiger partial charge >= 0.3 is 0 Å². The second kappa shape index (κ2) is 11.3. The van der Waals surface area contributed by atoms with Crippen LogP contribution in [0.1, 0.15) is 24.9 Å². The fraction of sp³-hybridized carbons (Fsp3) is 0.318. The number of hydrogen-bond acceptors (Lipinski definition) is 5. The number of nitrogens with zero attached hydrogens (tertiary/aromatic N) is 3. The molecule has 1 amide bonds. The predicted octanol–water partition coefficient (Wildman–Crippen LogP) is 4.74. The number of carbonyl (C=O) groups is 1. The van der Waals surface area contributed by atoms with Gasteiger partial charge in [-0.3, -0.25) is 4.79 Å². The van der Waals surface area contributed by atoms with Crippen LogP contribution in [0.15, 0.2) is 53.7 Å². The SMILES string of the molecule is COCCCn1c(SCC(=O)NC(C)c2ccc(F)cc2)nnc1-c1ccccc1Cl. The normalized spacial score (nSPS) is 12.0. The monoisotopic (exact) mass is 462 g/mol. The van der Waals surface area contributed by atoms with Crippen molar-refractivity contribution in [2.45, 2.75) is 31.1 Å². The Kier molecular flexibility index (Phi) is 8.45. The van der Waals surface area contributed by atoms with Crippen molar-refractivity contribution < 1.29 is 13.9 Å². The first kappa shape index (κ1) is 23.2. The minimum Gasteiger partial charge on any atom is -0.385 e. The number of rotatable bonds is 10. The summed E-state index contributed by atoms with van der Waals surface area (Å²) in [6.07, 6.45) is 0.771. The van der Waals surface area contributed by atoms with E-state index >= 15 is 0 Å². The molecule has 6 nitrogen and oxygen atoms in total. The number of ether oxygens (including phenoxy) is 1. The minimum absolute atomic E-state index is 0.146. The lowest BCUT2D eigenvalue weighted by atomic mass is 10.1. The third-order valence-corrected chi connectivity index (χ3v) is 5.94. The van der Waals surface area contributed by atoms with Gasteiger partial charge in [-0.15, -0.1) is 10.2 Å². The van der Waals surface area contributed by atoms with E-state index in [1.165, 1.54) is 23.9 Å². The molecular weight excluding hydrogens is 439 g/mol. The van der Waals surface area contributed by atoms with E-state index in [0.29, 0.717) is 29.2 Å². The second-order valence-electron chi connectivity index (χ2n) is 6.91. The number of benzene rings is 2. The number of nitrogens with one attached hydrogen (secondary N) is 1. The summed E-state index contributed by atoms with van der Waals surface area (Å²) in [5.74, 6) is 0.382. The van der Waals surface area contributed by atoms with Crippen molar-refractivity contribution in [3.05, 3.63) is 64.9 Å². The summed E-state index contributed by atoms with van der Waals surface area (Å²) < 4.78 is 20.2. The van der Waals surface area contributed by atoms with Crippen LogP contribution in [0.5, 0.6) is 0 Å². The Morgan fingerprint density at radius 3 is 2.68 bits per heavy atom. The van der Waals surface area contributed by atoms with Crippen molar-refractivity contribution in [2.75, 3.05) is 19.5 Å². The molecule has 9 heteroatoms. The Balaban J connectivity index is 1.69. The summed E-state index contributed by atoms with van der Waals surface area (Å²) in [6, 6.07) is 13.3. The molecule has 2 aromatic carbocycles. The molecule has 0 saturated heterocycles. The summed E-state index contributed by atoms with van der Waals surface area (Å²) in [5.41, 5.74) is 1.62. The van der Waals surface area contributed by atoms with Crippen LogP contribution >= 0.6 is 23.4 Å². The van der Waals surface area contributed by atoms with Crippen molar-refractivity contribution in [3.8, 4) is 11.4 Å². The average molecular weight is 463 g/mol. The molecule has 0 saturated carbocycles. The highest BCUT2D eigenvalue weighted by molar-refractivity contribution is 7.99. The predicted molar refractivity (Wildman–Crippen MR) is 121 cm³/mol. The first-order valence-corrected chi connectivity index (χ1v) is 11.2. The molecule has 0 aliphatic rings. The van der Waals surface area contributed by atoms with Gasteiger partial charge in [0, 0.05) is 25.8 Å². The standard InChI is InChI=1S/C22H24ClFN4O2S/c1-15(16-8-10-17(24)11-9-16)25-20(29)14-31-22-27-26-21(28(22)12-5-13-30-2)18-6-3-4-7-19(18)23/h3-4,6-11,15H,5,12-14H2,1-2H3,(H,25,29). The van der Waals surface area contributed by atoms with Crippen molar-refractivity contribution in [2.24, 2.45) is 0 Å².